The maximum atomic E-state index is 12.0. The second kappa shape index (κ2) is 8.51. The fraction of sp³-hybridized carbons (Fsp3) is 0.421. The molecule has 0 bridgehead atoms. The predicted octanol–water partition coefficient (Wildman–Crippen LogP) is 2.49. The van der Waals surface area contributed by atoms with Crippen molar-refractivity contribution in [1.29, 1.82) is 0 Å². The van der Waals surface area contributed by atoms with E-state index in [1.165, 1.54) is 19.9 Å². The molecule has 0 fully saturated rings. The number of aryl methyl sites for hydroxylation is 1. The van der Waals surface area contributed by atoms with Gasteiger partial charge in [-0.15, -0.1) is 0 Å². The van der Waals surface area contributed by atoms with Crippen LogP contribution in [0.4, 0.5) is 0 Å². The smallest absolute Gasteiger partial charge is 0.336 e. The molecular weight excluding hydrogens is 338 g/mol. The van der Waals surface area contributed by atoms with Crippen LogP contribution in [-0.2, 0) is 16.0 Å². The van der Waals surface area contributed by atoms with Crippen LogP contribution in [0.15, 0.2) is 33.5 Å². The largest absolute Gasteiger partial charge is 0.481 e. The molecule has 2 aromatic rings. The van der Waals surface area contributed by atoms with Gasteiger partial charge in [-0.3, -0.25) is 9.59 Å². The third kappa shape index (κ3) is 4.84. The van der Waals surface area contributed by atoms with E-state index in [0.29, 0.717) is 11.3 Å². The van der Waals surface area contributed by atoms with Crippen molar-refractivity contribution in [2.24, 2.45) is 0 Å². The first-order valence-corrected chi connectivity index (χ1v) is 8.58. The van der Waals surface area contributed by atoms with Crippen LogP contribution in [-0.4, -0.2) is 29.1 Å². The Morgan fingerprint density at radius 2 is 2.00 bits per heavy atom. The molecule has 0 aliphatic carbocycles. The van der Waals surface area contributed by atoms with Gasteiger partial charge in [0.15, 0.2) is 6.10 Å². The Kier molecular flexibility index (Phi) is 6.38. The Hall–Kier alpha value is -2.83. The minimum atomic E-state index is -1.13. The third-order valence-corrected chi connectivity index (χ3v) is 4.01. The fourth-order valence-electron chi connectivity index (χ4n) is 2.51. The molecule has 2 rings (SSSR count). The van der Waals surface area contributed by atoms with Crippen LogP contribution in [0, 0.1) is 0 Å². The molecular formula is C19H23NO6. The lowest BCUT2D eigenvalue weighted by Gasteiger charge is -2.17. The molecule has 0 saturated heterocycles. The summed E-state index contributed by atoms with van der Waals surface area (Å²) in [6.07, 6.45) is 1.87. The monoisotopic (exact) mass is 361 g/mol. The number of carbonyl (C=O) groups excluding carboxylic acids is 1. The average molecular weight is 361 g/mol. The van der Waals surface area contributed by atoms with Gasteiger partial charge in [0.2, 0.25) is 0 Å². The van der Waals surface area contributed by atoms with E-state index < -0.39 is 29.6 Å². The van der Waals surface area contributed by atoms with Crippen molar-refractivity contribution in [3.8, 4) is 5.75 Å². The molecule has 1 amide bonds. The van der Waals surface area contributed by atoms with Crippen LogP contribution in [0.3, 0.4) is 0 Å². The van der Waals surface area contributed by atoms with Crippen LogP contribution in [0.2, 0.25) is 0 Å². The number of ether oxygens (including phenoxy) is 1. The highest BCUT2D eigenvalue weighted by atomic mass is 16.5. The van der Waals surface area contributed by atoms with Crippen LogP contribution < -0.4 is 15.7 Å². The van der Waals surface area contributed by atoms with Crippen LogP contribution in [0.1, 0.15) is 39.2 Å². The summed E-state index contributed by atoms with van der Waals surface area (Å²) < 4.78 is 10.8. The highest BCUT2D eigenvalue weighted by molar-refractivity contribution is 5.86. The normalized spacial score (nSPS) is 13.2. The summed E-state index contributed by atoms with van der Waals surface area (Å²) in [5.41, 5.74) is 0.889. The lowest BCUT2D eigenvalue weighted by Crippen LogP contribution is -2.44. The summed E-state index contributed by atoms with van der Waals surface area (Å²) >= 11 is 0. The van der Waals surface area contributed by atoms with Gasteiger partial charge in [-0.1, -0.05) is 13.3 Å². The van der Waals surface area contributed by atoms with Crippen LogP contribution in [0.5, 0.6) is 5.75 Å². The number of amides is 1. The summed E-state index contributed by atoms with van der Waals surface area (Å²) in [5.74, 6) is -1.31. The molecule has 26 heavy (non-hydrogen) atoms. The van der Waals surface area contributed by atoms with Gasteiger partial charge in [-0.05, 0) is 44.4 Å². The molecule has 2 atom stereocenters. The predicted molar refractivity (Wildman–Crippen MR) is 96.4 cm³/mol. The Bertz CT molecular complexity index is 857. The number of nitrogens with one attached hydrogen (secondary N) is 1. The van der Waals surface area contributed by atoms with Crippen molar-refractivity contribution in [2.45, 2.75) is 52.2 Å². The lowest BCUT2D eigenvalue weighted by molar-refractivity contribution is -0.142. The second-order valence-electron chi connectivity index (χ2n) is 6.18. The van der Waals surface area contributed by atoms with Gasteiger partial charge in [0.25, 0.3) is 5.91 Å². The molecule has 2 N–H and O–H groups in total. The topological polar surface area (TPSA) is 106 Å². The Labute approximate surface area is 151 Å². The zero-order valence-electron chi connectivity index (χ0n) is 15.1. The zero-order valence-corrected chi connectivity index (χ0v) is 15.1. The first-order chi connectivity index (χ1) is 12.3. The van der Waals surface area contributed by atoms with Crippen molar-refractivity contribution in [1.82, 2.24) is 5.32 Å². The standard InChI is InChI=1S/C19H23NO6/c1-4-5-6-13-9-17(21)26-16-10-14(7-8-15(13)16)25-12(3)18(22)20-11(2)19(23)24/h7-12H,4-6H2,1-3H3,(H,20,22)(H,23,24)/t11-,12+/m0/s1. The van der Waals surface area contributed by atoms with Crippen molar-refractivity contribution >= 4 is 22.8 Å². The molecule has 0 aliphatic rings. The number of carboxylic acid groups (broad SMARTS) is 1. The van der Waals surface area contributed by atoms with Crippen molar-refractivity contribution in [2.75, 3.05) is 0 Å². The number of hydrogen-bond donors (Lipinski definition) is 2. The molecule has 0 radical (unpaired) electrons. The molecule has 0 unspecified atom stereocenters. The maximum absolute atomic E-state index is 12.0. The number of carboxylic acids is 1. The van der Waals surface area contributed by atoms with E-state index in [4.69, 9.17) is 14.3 Å². The highest BCUT2D eigenvalue weighted by Gasteiger charge is 2.20. The van der Waals surface area contributed by atoms with Gasteiger partial charge in [0.1, 0.15) is 17.4 Å². The van der Waals surface area contributed by atoms with E-state index in [1.54, 1.807) is 18.2 Å². The summed E-state index contributed by atoms with van der Waals surface area (Å²) in [6.45, 7) is 4.97. The molecule has 1 aromatic carbocycles. The Morgan fingerprint density at radius 3 is 2.65 bits per heavy atom. The highest BCUT2D eigenvalue weighted by Crippen LogP contribution is 2.24. The molecule has 7 nitrogen and oxygen atoms in total. The molecule has 0 spiro atoms. The number of aliphatic carboxylic acids is 1. The first-order valence-electron chi connectivity index (χ1n) is 8.58. The van der Waals surface area contributed by atoms with Gasteiger partial charge in [0.05, 0.1) is 0 Å². The van der Waals surface area contributed by atoms with E-state index in [0.717, 1.165) is 30.2 Å². The maximum Gasteiger partial charge on any atom is 0.336 e. The number of carbonyl (C=O) groups is 2. The lowest BCUT2D eigenvalue weighted by atomic mass is 10.0. The van der Waals surface area contributed by atoms with Gasteiger partial charge in [-0.25, -0.2) is 4.79 Å². The average Bonchev–Trinajstić information content (AvgIpc) is 2.58. The number of rotatable bonds is 8. The summed E-state index contributed by atoms with van der Waals surface area (Å²) in [6, 6.07) is 5.55. The summed E-state index contributed by atoms with van der Waals surface area (Å²) in [7, 11) is 0. The van der Waals surface area contributed by atoms with Crippen molar-refractivity contribution in [3.05, 3.63) is 40.2 Å². The zero-order chi connectivity index (χ0) is 19.3. The van der Waals surface area contributed by atoms with E-state index >= 15 is 0 Å². The molecule has 1 heterocycles. The van der Waals surface area contributed by atoms with Gasteiger partial charge in [0, 0.05) is 17.5 Å². The Morgan fingerprint density at radius 1 is 1.27 bits per heavy atom. The SMILES string of the molecule is CCCCc1cc(=O)oc2cc(O[C@H](C)C(=O)N[C@@H](C)C(=O)O)ccc12. The van der Waals surface area contributed by atoms with E-state index in [2.05, 4.69) is 12.2 Å². The molecule has 0 saturated carbocycles. The summed E-state index contributed by atoms with van der Waals surface area (Å²) in [5, 5.41) is 12.0. The van der Waals surface area contributed by atoms with Gasteiger partial charge < -0.3 is 19.6 Å². The molecule has 1 aromatic heterocycles. The first kappa shape index (κ1) is 19.5. The number of fused-ring (bicyclic) bond motifs is 1. The van der Waals surface area contributed by atoms with Gasteiger partial charge in [-0.2, -0.15) is 0 Å². The summed E-state index contributed by atoms with van der Waals surface area (Å²) in [4.78, 5) is 34.5. The van der Waals surface area contributed by atoms with E-state index in [1.807, 2.05) is 0 Å². The minimum absolute atomic E-state index is 0.360. The van der Waals surface area contributed by atoms with Crippen LogP contribution >= 0.6 is 0 Å². The van der Waals surface area contributed by atoms with E-state index in [-0.39, 0.29) is 0 Å². The van der Waals surface area contributed by atoms with Crippen molar-refractivity contribution in [3.63, 3.8) is 0 Å². The van der Waals surface area contributed by atoms with Gasteiger partial charge >= 0.3 is 11.6 Å². The minimum Gasteiger partial charge on any atom is -0.481 e. The third-order valence-electron chi connectivity index (χ3n) is 4.01. The molecule has 0 aliphatic heterocycles. The molecule has 140 valence electrons. The number of unbranched alkanes of at least 4 members (excludes halogenated alkanes) is 1. The quantitative estimate of drug-likeness (QED) is 0.700. The number of hydrogen-bond acceptors (Lipinski definition) is 5. The second-order valence-corrected chi connectivity index (χ2v) is 6.18. The molecule has 7 heteroatoms. The fourth-order valence-corrected chi connectivity index (χ4v) is 2.51. The number of benzene rings is 1. The van der Waals surface area contributed by atoms with Crippen molar-refractivity contribution < 1.29 is 23.8 Å². The van der Waals surface area contributed by atoms with Crippen LogP contribution in [0.25, 0.3) is 11.0 Å². The Balaban J connectivity index is 2.19. The van der Waals surface area contributed by atoms with E-state index in [9.17, 15) is 14.4 Å².